The van der Waals surface area contributed by atoms with Gasteiger partial charge < -0.3 is 31.6 Å². The van der Waals surface area contributed by atoms with Crippen LogP contribution in [-0.2, 0) is 6.54 Å². The monoisotopic (exact) mass is 317 g/mol. The first-order valence-corrected chi connectivity index (χ1v) is 6.83. The van der Waals surface area contributed by atoms with Crippen LogP contribution < -0.4 is 21.9 Å². The van der Waals surface area contributed by atoms with E-state index in [0.29, 0.717) is 18.0 Å². The van der Waals surface area contributed by atoms with E-state index in [1.807, 2.05) is 0 Å². The molecule has 1 unspecified atom stereocenters. The molecule has 0 saturated heterocycles. The van der Waals surface area contributed by atoms with Gasteiger partial charge in [0.05, 0.1) is 18.6 Å². The SMILES string of the molecule is NC(N)=NC(N)=Nc1ccc(OCC(O)Cn2ccnc2)cc1. The number of aliphatic hydroxyl groups excluding tert-OH is 1. The van der Waals surface area contributed by atoms with E-state index in [4.69, 9.17) is 21.9 Å². The zero-order valence-electron chi connectivity index (χ0n) is 12.4. The van der Waals surface area contributed by atoms with Crippen LogP contribution in [0.2, 0.25) is 0 Å². The van der Waals surface area contributed by atoms with Crippen LogP contribution in [0.15, 0.2) is 53.0 Å². The lowest BCUT2D eigenvalue weighted by atomic mass is 10.3. The van der Waals surface area contributed by atoms with Gasteiger partial charge in [-0.25, -0.2) is 9.98 Å². The number of nitrogens with zero attached hydrogens (tertiary/aromatic N) is 4. The smallest absolute Gasteiger partial charge is 0.223 e. The summed E-state index contributed by atoms with van der Waals surface area (Å²) in [7, 11) is 0. The maximum Gasteiger partial charge on any atom is 0.223 e. The molecule has 0 radical (unpaired) electrons. The van der Waals surface area contributed by atoms with Gasteiger partial charge in [0.15, 0.2) is 5.96 Å². The molecule has 0 spiro atoms. The van der Waals surface area contributed by atoms with Crippen LogP contribution in [0.5, 0.6) is 5.75 Å². The van der Waals surface area contributed by atoms with Crippen molar-refractivity contribution in [3.63, 3.8) is 0 Å². The first-order valence-electron chi connectivity index (χ1n) is 6.83. The molecule has 122 valence electrons. The molecule has 2 aromatic rings. The van der Waals surface area contributed by atoms with Crippen molar-refractivity contribution in [2.75, 3.05) is 6.61 Å². The van der Waals surface area contributed by atoms with Gasteiger partial charge in [-0.3, -0.25) is 0 Å². The lowest BCUT2D eigenvalue weighted by Gasteiger charge is -2.12. The number of rotatable bonds is 6. The fourth-order valence-electron chi connectivity index (χ4n) is 1.79. The number of guanidine groups is 2. The number of imidazole rings is 1. The van der Waals surface area contributed by atoms with Crippen molar-refractivity contribution in [3.8, 4) is 5.75 Å². The van der Waals surface area contributed by atoms with Gasteiger partial charge in [0.25, 0.3) is 0 Å². The van der Waals surface area contributed by atoms with E-state index in [9.17, 15) is 5.11 Å². The summed E-state index contributed by atoms with van der Waals surface area (Å²) < 4.78 is 7.29. The van der Waals surface area contributed by atoms with E-state index in [0.717, 1.165) is 0 Å². The van der Waals surface area contributed by atoms with E-state index >= 15 is 0 Å². The van der Waals surface area contributed by atoms with Crippen molar-refractivity contribution in [1.29, 1.82) is 0 Å². The third-order valence-electron chi connectivity index (χ3n) is 2.75. The average molecular weight is 317 g/mol. The van der Waals surface area contributed by atoms with Crippen LogP contribution in [0.1, 0.15) is 0 Å². The van der Waals surface area contributed by atoms with E-state index < -0.39 is 6.10 Å². The van der Waals surface area contributed by atoms with Gasteiger partial charge >= 0.3 is 0 Å². The van der Waals surface area contributed by atoms with Gasteiger partial charge in [-0.2, -0.15) is 4.99 Å². The van der Waals surface area contributed by atoms with Crippen LogP contribution in [0.25, 0.3) is 0 Å². The van der Waals surface area contributed by atoms with Crippen LogP contribution >= 0.6 is 0 Å². The van der Waals surface area contributed by atoms with Gasteiger partial charge in [0.1, 0.15) is 18.5 Å². The maximum absolute atomic E-state index is 9.89. The van der Waals surface area contributed by atoms with Crippen molar-refractivity contribution < 1.29 is 9.84 Å². The second kappa shape index (κ2) is 7.80. The zero-order chi connectivity index (χ0) is 16.7. The first kappa shape index (κ1) is 16.3. The van der Waals surface area contributed by atoms with Crippen LogP contribution in [0, 0.1) is 0 Å². The summed E-state index contributed by atoms with van der Waals surface area (Å²) in [6.07, 6.45) is 4.42. The predicted molar refractivity (Wildman–Crippen MR) is 87.3 cm³/mol. The highest BCUT2D eigenvalue weighted by atomic mass is 16.5. The van der Waals surface area contributed by atoms with Crippen LogP contribution in [0.3, 0.4) is 0 Å². The predicted octanol–water partition coefficient (Wildman–Crippen LogP) is -0.457. The van der Waals surface area contributed by atoms with Crippen molar-refractivity contribution >= 4 is 17.6 Å². The number of hydrogen-bond donors (Lipinski definition) is 4. The van der Waals surface area contributed by atoms with Gasteiger partial charge in [0, 0.05) is 12.4 Å². The van der Waals surface area contributed by atoms with Crippen molar-refractivity contribution in [3.05, 3.63) is 43.0 Å². The molecule has 1 heterocycles. The third-order valence-corrected chi connectivity index (χ3v) is 2.75. The molecule has 7 N–H and O–H groups in total. The molecule has 0 saturated carbocycles. The van der Waals surface area contributed by atoms with E-state index in [1.54, 1.807) is 47.6 Å². The molecule has 23 heavy (non-hydrogen) atoms. The minimum atomic E-state index is -0.639. The van der Waals surface area contributed by atoms with Gasteiger partial charge in [0.2, 0.25) is 5.96 Å². The standard InChI is InChI=1S/C14H19N7O2/c15-13(16)20-14(17)19-10-1-3-12(4-2-10)23-8-11(22)7-21-6-5-18-9-21/h1-6,9,11,22H,7-8H2,(H6,15,16,17,19,20). The lowest BCUT2D eigenvalue weighted by Crippen LogP contribution is -2.26. The fourth-order valence-corrected chi connectivity index (χ4v) is 1.79. The van der Waals surface area contributed by atoms with Crippen molar-refractivity contribution in [2.24, 2.45) is 27.2 Å². The van der Waals surface area contributed by atoms with Crippen molar-refractivity contribution in [1.82, 2.24) is 9.55 Å². The minimum absolute atomic E-state index is 0.0329. The second-order valence-corrected chi connectivity index (χ2v) is 4.72. The fraction of sp³-hybridized carbons (Fsp3) is 0.214. The summed E-state index contributed by atoms with van der Waals surface area (Å²) in [4.78, 5) is 11.5. The highest BCUT2D eigenvalue weighted by Gasteiger charge is 2.06. The highest BCUT2D eigenvalue weighted by Crippen LogP contribution is 2.18. The maximum atomic E-state index is 9.89. The number of aliphatic hydroxyl groups is 1. The number of benzene rings is 1. The topological polar surface area (TPSA) is 150 Å². The molecule has 1 atom stereocenters. The second-order valence-electron chi connectivity index (χ2n) is 4.72. The molecule has 0 amide bonds. The molecule has 0 aliphatic heterocycles. The summed E-state index contributed by atoms with van der Waals surface area (Å²) in [5.41, 5.74) is 16.5. The molecule has 1 aromatic carbocycles. The summed E-state index contributed by atoms with van der Waals surface area (Å²) in [5.74, 6) is 0.418. The van der Waals surface area contributed by atoms with Gasteiger partial charge in [-0.1, -0.05) is 0 Å². The zero-order valence-corrected chi connectivity index (χ0v) is 12.4. The Kier molecular flexibility index (Phi) is 5.53. The lowest BCUT2D eigenvalue weighted by molar-refractivity contribution is 0.0925. The summed E-state index contributed by atoms with van der Waals surface area (Å²) in [5, 5.41) is 9.89. The Bertz CT molecular complexity index is 661. The molecule has 1 aromatic heterocycles. The highest BCUT2D eigenvalue weighted by molar-refractivity contribution is 5.93. The van der Waals surface area contributed by atoms with Crippen molar-refractivity contribution in [2.45, 2.75) is 12.6 Å². The molecule has 9 nitrogen and oxygen atoms in total. The van der Waals surface area contributed by atoms with Crippen LogP contribution in [-0.4, -0.2) is 39.3 Å². The number of aliphatic imine (C=N–C) groups is 2. The largest absolute Gasteiger partial charge is 0.491 e. The Hall–Kier alpha value is -3.07. The Morgan fingerprint density at radius 1 is 1.26 bits per heavy atom. The molecular weight excluding hydrogens is 298 g/mol. The first-order chi connectivity index (χ1) is 11.0. The van der Waals surface area contributed by atoms with E-state index in [-0.39, 0.29) is 18.5 Å². The van der Waals surface area contributed by atoms with Crippen LogP contribution in [0.4, 0.5) is 5.69 Å². The van der Waals surface area contributed by atoms with E-state index in [2.05, 4.69) is 15.0 Å². The number of ether oxygens (including phenoxy) is 1. The molecule has 2 rings (SSSR count). The summed E-state index contributed by atoms with van der Waals surface area (Å²) in [6.45, 7) is 0.578. The molecular formula is C14H19N7O2. The Labute approximate surface area is 133 Å². The minimum Gasteiger partial charge on any atom is -0.491 e. The summed E-state index contributed by atoms with van der Waals surface area (Å²) in [6, 6.07) is 6.83. The molecule has 0 aliphatic rings. The molecule has 0 bridgehead atoms. The number of aromatic nitrogens is 2. The summed E-state index contributed by atoms with van der Waals surface area (Å²) >= 11 is 0. The molecule has 0 aliphatic carbocycles. The third kappa shape index (κ3) is 5.67. The Morgan fingerprint density at radius 2 is 2.00 bits per heavy atom. The van der Waals surface area contributed by atoms with Gasteiger partial charge in [-0.15, -0.1) is 0 Å². The average Bonchev–Trinajstić information content (AvgIpc) is 2.98. The number of nitrogens with two attached hydrogens (primary N) is 3. The molecule has 9 heteroatoms. The normalized spacial score (nSPS) is 12.7. The van der Waals surface area contributed by atoms with E-state index in [1.165, 1.54) is 0 Å². The quantitative estimate of drug-likeness (QED) is 0.418. The van der Waals surface area contributed by atoms with Gasteiger partial charge in [-0.05, 0) is 24.3 Å². The number of hydrogen-bond acceptors (Lipinski definition) is 4. The Morgan fingerprint density at radius 3 is 2.61 bits per heavy atom. The molecule has 0 fully saturated rings. The Balaban J connectivity index is 1.86.